The molecule has 2 heterocycles. The van der Waals surface area contributed by atoms with Crippen LogP contribution in [0.15, 0.2) is 42.0 Å². The number of halogens is 2. The topological polar surface area (TPSA) is 122 Å². The van der Waals surface area contributed by atoms with Crippen LogP contribution in [0.5, 0.6) is 17.2 Å². The summed E-state index contributed by atoms with van der Waals surface area (Å²) in [6, 6.07) is 6.59. The van der Waals surface area contributed by atoms with Crippen molar-refractivity contribution in [2.45, 2.75) is 25.7 Å². The molecule has 0 unspecified atom stereocenters. The van der Waals surface area contributed by atoms with E-state index in [1.807, 2.05) is 6.08 Å². The van der Waals surface area contributed by atoms with E-state index in [0.29, 0.717) is 11.3 Å². The molecular formula is C29H26ClFN2O7. The number of allylic oxidation sites excluding steroid dienone is 2. The first-order chi connectivity index (χ1) is 19.0. The van der Waals surface area contributed by atoms with Gasteiger partial charge < -0.3 is 14.6 Å². The van der Waals surface area contributed by atoms with Gasteiger partial charge in [-0.25, -0.2) is 9.29 Å². The summed E-state index contributed by atoms with van der Waals surface area (Å²) in [5.41, 5.74) is -0.352. The number of phenols is 1. The second kappa shape index (κ2) is 9.05. The van der Waals surface area contributed by atoms with Crippen LogP contribution in [-0.2, 0) is 19.2 Å². The van der Waals surface area contributed by atoms with Crippen LogP contribution >= 0.6 is 11.6 Å². The van der Waals surface area contributed by atoms with Crippen molar-refractivity contribution >= 4 is 40.9 Å². The lowest BCUT2D eigenvalue weighted by Crippen LogP contribution is -2.49. The largest absolute Gasteiger partial charge is 0.507 e. The number of anilines is 1. The Hall–Kier alpha value is -3.92. The van der Waals surface area contributed by atoms with Crippen LogP contribution in [0.2, 0.25) is 5.02 Å². The van der Waals surface area contributed by atoms with E-state index in [-0.39, 0.29) is 46.5 Å². The van der Waals surface area contributed by atoms with Gasteiger partial charge in [0.1, 0.15) is 23.1 Å². The van der Waals surface area contributed by atoms with Crippen molar-refractivity contribution in [1.82, 2.24) is 5.32 Å². The maximum Gasteiger partial charge on any atom is 0.241 e. The summed E-state index contributed by atoms with van der Waals surface area (Å²) in [5, 5.41) is 13.5. The third-order valence-electron chi connectivity index (χ3n) is 9.12. The summed E-state index contributed by atoms with van der Waals surface area (Å²) in [6.07, 6.45) is 2.26. The molecule has 0 spiro atoms. The smallest absolute Gasteiger partial charge is 0.241 e. The van der Waals surface area contributed by atoms with Gasteiger partial charge in [0.15, 0.2) is 0 Å². The first-order valence-corrected chi connectivity index (χ1v) is 13.2. The molecular weight excluding hydrogens is 543 g/mol. The highest BCUT2D eigenvalue weighted by atomic mass is 35.5. The molecule has 6 atom stereocenters. The van der Waals surface area contributed by atoms with E-state index in [9.17, 15) is 28.7 Å². The minimum Gasteiger partial charge on any atom is -0.507 e. The SMILES string of the molecule is COc1cc(O)c([C@H]2C3=CC[C@@H]4C(=O)NC(=O)[C@@H]4[C@@H]3C[C@H]3C(=O)N(c4ccc(F)c(Cl)c4)C(=O)[C@@]23C)c(OC)c1. The third-order valence-corrected chi connectivity index (χ3v) is 9.41. The van der Waals surface area contributed by atoms with Crippen molar-refractivity contribution in [2.24, 2.45) is 29.1 Å². The minimum absolute atomic E-state index is 0.116. The molecule has 3 fully saturated rings. The molecule has 208 valence electrons. The molecule has 4 amide bonds. The van der Waals surface area contributed by atoms with Gasteiger partial charge in [-0.3, -0.25) is 24.5 Å². The van der Waals surface area contributed by atoms with Gasteiger partial charge in [-0.05, 0) is 43.9 Å². The van der Waals surface area contributed by atoms with Crippen LogP contribution in [0.1, 0.15) is 31.2 Å². The van der Waals surface area contributed by atoms with Crippen molar-refractivity contribution in [3.63, 3.8) is 0 Å². The number of carbonyl (C=O) groups is 4. The number of carbonyl (C=O) groups excluding carboxylic acids is 4. The van der Waals surface area contributed by atoms with Gasteiger partial charge in [-0.2, -0.15) is 0 Å². The fourth-order valence-electron chi connectivity index (χ4n) is 7.27. The highest BCUT2D eigenvalue weighted by Gasteiger charge is 2.67. The second-order valence-electron chi connectivity index (χ2n) is 10.9. The fourth-order valence-corrected chi connectivity index (χ4v) is 7.44. The van der Waals surface area contributed by atoms with E-state index in [0.717, 1.165) is 11.0 Å². The number of aromatic hydroxyl groups is 1. The Balaban J connectivity index is 1.59. The first kappa shape index (κ1) is 26.3. The normalized spacial score (nSPS) is 30.9. The monoisotopic (exact) mass is 568 g/mol. The molecule has 2 aromatic carbocycles. The van der Waals surface area contributed by atoms with Crippen LogP contribution in [0.4, 0.5) is 10.1 Å². The van der Waals surface area contributed by atoms with Crippen molar-refractivity contribution in [2.75, 3.05) is 19.1 Å². The zero-order valence-electron chi connectivity index (χ0n) is 21.9. The molecule has 4 aliphatic rings. The standard InChI is InChI=1S/C29H26ClFN2O7/c1-29-17(27(37)33(28(29)38)12-4-7-19(31)18(30)8-12)11-16-14(5-6-15-22(16)26(36)32-25(15)35)24(29)23-20(34)9-13(39-2)10-21(23)40-3/h4-5,7-10,15-17,22,24,34H,6,11H2,1-3H3,(H,32,35,36)/t15-,16+,17-,22-,24+,29+/m0/s1. The zero-order valence-corrected chi connectivity index (χ0v) is 22.6. The molecule has 2 saturated heterocycles. The fraction of sp³-hybridized carbons (Fsp3) is 0.379. The lowest BCUT2D eigenvalue weighted by molar-refractivity contribution is -0.131. The average molecular weight is 569 g/mol. The Labute approximate surface area is 233 Å². The number of phenolic OH excluding ortho intramolecular Hbond substituents is 1. The molecule has 2 aliphatic carbocycles. The maximum absolute atomic E-state index is 14.4. The molecule has 9 nitrogen and oxygen atoms in total. The number of rotatable bonds is 4. The summed E-state index contributed by atoms with van der Waals surface area (Å²) in [6.45, 7) is 1.67. The van der Waals surface area contributed by atoms with Crippen LogP contribution in [0.3, 0.4) is 0 Å². The number of hydrogen-bond donors (Lipinski definition) is 2. The molecule has 40 heavy (non-hydrogen) atoms. The Bertz CT molecular complexity index is 1540. The number of benzene rings is 2. The molecule has 2 aromatic rings. The molecule has 0 aromatic heterocycles. The van der Waals surface area contributed by atoms with Crippen molar-refractivity contribution < 1.29 is 38.1 Å². The van der Waals surface area contributed by atoms with E-state index in [1.54, 1.807) is 13.0 Å². The van der Waals surface area contributed by atoms with E-state index < -0.39 is 58.5 Å². The number of fused-ring (bicyclic) bond motifs is 4. The summed E-state index contributed by atoms with van der Waals surface area (Å²) >= 11 is 6.01. The Kier molecular flexibility index (Phi) is 5.96. The predicted molar refractivity (Wildman–Crippen MR) is 140 cm³/mol. The molecule has 2 N–H and O–H groups in total. The van der Waals surface area contributed by atoms with Crippen LogP contribution in [0.25, 0.3) is 0 Å². The number of imide groups is 2. The Morgan fingerprint density at radius 3 is 2.50 bits per heavy atom. The number of methoxy groups -OCH3 is 2. The zero-order chi connectivity index (χ0) is 28.7. The van der Waals surface area contributed by atoms with Gasteiger partial charge in [0.25, 0.3) is 0 Å². The van der Waals surface area contributed by atoms with Crippen molar-refractivity contribution in [1.29, 1.82) is 0 Å². The number of nitrogens with one attached hydrogen (secondary N) is 1. The second-order valence-corrected chi connectivity index (χ2v) is 11.3. The van der Waals surface area contributed by atoms with Gasteiger partial charge in [0.2, 0.25) is 23.6 Å². The van der Waals surface area contributed by atoms with Crippen molar-refractivity contribution in [3.05, 3.63) is 58.4 Å². The quantitative estimate of drug-likeness (QED) is 0.426. The number of ether oxygens (including phenoxy) is 2. The van der Waals surface area contributed by atoms with Gasteiger partial charge in [0.05, 0.1) is 48.1 Å². The summed E-state index contributed by atoms with van der Waals surface area (Å²) in [5.74, 6) is -5.88. The van der Waals surface area contributed by atoms with Crippen LogP contribution in [-0.4, -0.2) is 43.0 Å². The first-order valence-electron chi connectivity index (χ1n) is 12.9. The Morgan fingerprint density at radius 2 is 1.82 bits per heavy atom. The van der Waals surface area contributed by atoms with E-state index in [1.165, 1.54) is 32.4 Å². The molecule has 2 aliphatic heterocycles. The van der Waals surface area contributed by atoms with Gasteiger partial charge >= 0.3 is 0 Å². The van der Waals surface area contributed by atoms with Crippen molar-refractivity contribution in [3.8, 4) is 17.2 Å². The molecule has 6 rings (SSSR count). The maximum atomic E-state index is 14.4. The third kappa shape index (κ3) is 3.44. The number of amides is 4. The predicted octanol–water partition coefficient (Wildman–Crippen LogP) is 3.72. The van der Waals surface area contributed by atoms with E-state index in [4.69, 9.17) is 21.1 Å². The van der Waals surface area contributed by atoms with E-state index >= 15 is 0 Å². The van der Waals surface area contributed by atoms with E-state index in [2.05, 4.69) is 5.32 Å². The minimum atomic E-state index is -1.43. The van der Waals surface area contributed by atoms with Crippen LogP contribution in [0, 0.1) is 34.9 Å². The molecule has 0 radical (unpaired) electrons. The van der Waals surface area contributed by atoms with Gasteiger partial charge in [-0.15, -0.1) is 0 Å². The summed E-state index contributed by atoms with van der Waals surface area (Å²) < 4.78 is 24.9. The summed E-state index contributed by atoms with van der Waals surface area (Å²) in [4.78, 5) is 55.0. The highest BCUT2D eigenvalue weighted by molar-refractivity contribution is 6.31. The van der Waals surface area contributed by atoms with Gasteiger partial charge in [-0.1, -0.05) is 23.3 Å². The average Bonchev–Trinajstić information content (AvgIpc) is 3.32. The Morgan fingerprint density at radius 1 is 1.07 bits per heavy atom. The number of hydrogen-bond acceptors (Lipinski definition) is 7. The summed E-state index contributed by atoms with van der Waals surface area (Å²) in [7, 11) is 2.85. The molecule has 0 bridgehead atoms. The lowest BCUT2D eigenvalue weighted by Gasteiger charge is -2.49. The van der Waals surface area contributed by atoms with Crippen LogP contribution < -0.4 is 19.7 Å². The lowest BCUT2D eigenvalue weighted by atomic mass is 9.51. The van der Waals surface area contributed by atoms with Gasteiger partial charge in [0, 0.05) is 23.6 Å². The highest BCUT2D eigenvalue weighted by Crippen LogP contribution is 2.65. The number of nitrogens with zero attached hydrogens (tertiary/aromatic N) is 1. The molecule has 11 heteroatoms. The molecule has 1 saturated carbocycles.